The van der Waals surface area contributed by atoms with E-state index in [4.69, 9.17) is 5.73 Å². The summed E-state index contributed by atoms with van der Waals surface area (Å²) in [6, 6.07) is 5.26. The summed E-state index contributed by atoms with van der Waals surface area (Å²) >= 11 is 3.07. The Morgan fingerprint density at radius 3 is 2.03 bits per heavy atom. The maximum atomic E-state index is 12.9. The Kier molecular flexibility index (Phi) is 13.6. The molecule has 0 saturated heterocycles. The van der Waals surface area contributed by atoms with Crippen LogP contribution in [0.25, 0.3) is 0 Å². The van der Waals surface area contributed by atoms with Crippen LogP contribution in [0.1, 0.15) is 25.3 Å². The van der Waals surface area contributed by atoms with Crippen molar-refractivity contribution in [3.63, 3.8) is 0 Å². The van der Waals surface area contributed by atoms with Gasteiger partial charge in [0.05, 0.1) is 6.04 Å². The first-order chi connectivity index (χ1) is 15.7. The molecule has 1 aromatic rings. The number of nitrogens with one attached hydrogen (secondary N) is 3. The lowest BCUT2D eigenvalue weighted by Crippen LogP contribution is -2.56. The van der Waals surface area contributed by atoms with Gasteiger partial charge in [-0.1, -0.05) is 30.3 Å². The van der Waals surface area contributed by atoms with Crippen LogP contribution in [0.15, 0.2) is 30.3 Å². The van der Waals surface area contributed by atoms with Gasteiger partial charge in [0.1, 0.15) is 18.1 Å². The molecule has 0 spiro atoms. The van der Waals surface area contributed by atoms with E-state index < -0.39 is 47.9 Å². The van der Waals surface area contributed by atoms with E-state index in [1.54, 1.807) is 36.0 Å². The summed E-state index contributed by atoms with van der Waals surface area (Å²) in [6.07, 6.45) is 4.69. The van der Waals surface area contributed by atoms with Crippen molar-refractivity contribution in [1.82, 2.24) is 16.0 Å². The highest BCUT2D eigenvalue weighted by Crippen LogP contribution is 2.07. The van der Waals surface area contributed by atoms with Gasteiger partial charge in [0.15, 0.2) is 0 Å². The average Bonchev–Trinajstić information content (AvgIpc) is 2.79. The zero-order valence-corrected chi connectivity index (χ0v) is 20.8. The highest BCUT2D eigenvalue weighted by atomic mass is 32.2. The molecule has 33 heavy (non-hydrogen) atoms. The Labute approximate surface area is 203 Å². The number of carbonyl (C=O) groups excluding carboxylic acids is 3. The molecule has 3 amide bonds. The van der Waals surface area contributed by atoms with Crippen molar-refractivity contribution >= 4 is 47.2 Å². The molecule has 4 atom stereocenters. The van der Waals surface area contributed by atoms with Gasteiger partial charge >= 0.3 is 5.97 Å². The van der Waals surface area contributed by atoms with Gasteiger partial charge in [0, 0.05) is 6.42 Å². The fourth-order valence-electron chi connectivity index (χ4n) is 2.89. The minimum Gasteiger partial charge on any atom is -0.480 e. The van der Waals surface area contributed by atoms with Crippen LogP contribution in [0.3, 0.4) is 0 Å². The van der Waals surface area contributed by atoms with E-state index in [1.165, 1.54) is 18.7 Å². The molecule has 0 radical (unpaired) electrons. The van der Waals surface area contributed by atoms with E-state index in [0.717, 1.165) is 11.3 Å². The quantitative estimate of drug-likeness (QED) is 0.236. The Morgan fingerprint density at radius 1 is 0.879 bits per heavy atom. The third-order valence-electron chi connectivity index (χ3n) is 4.86. The van der Waals surface area contributed by atoms with Gasteiger partial charge in [0.25, 0.3) is 0 Å². The molecule has 0 aliphatic rings. The van der Waals surface area contributed by atoms with Crippen molar-refractivity contribution < 1.29 is 24.3 Å². The topological polar surface area (TPSA) is 151 Å². The highest BCUT2D eigenvalue weighted by Gasteiger charge is 2.28. The fraction of sp³-hybridized carbons (Fsp3) is 0.545. The molecule has 9 nitrogen and oxygen atoms in total. The Hall–Kier alpha value is -2.24. The second-order valence-electron chi connectivity index (χ2n) is 7.55. The van der Waals surface area contributed by atoms with Crippen LogP contribution in [0, 0.1) is 0 Å². The second kappa shape index (κ2) is 15.6. The molecule has 1 rings (SSSR count). The summed E-state index contributed by atoms with van der Waals surface area (Å²) in [5.41, 5.74) is 6.60. The van der Waals surface area contributed by atoms with Crippen LogP contribution in [-0.2, 0) is 25.6 Å². The van der Waals surface area contributed by atoms with Crippen molar-refractivity contribution in [3.05, 3.63) is 35.9 Å². The monoisotopic (exact) mass is 498 g/mol. The number of rotatable bonds is 15. The van der Waals surface area contributed by atoms with Gasteiger partial charge in [-0.3, -0.25) is 14.4 Å². The van der Waals surface area contributed by atoms with Gasteiger partial charge in [0.2, 0.25) is 17.7 Å². The highest BCUT2D eigenvalue weighted by molar-refractivity contribution is 7.98. The normalized spacial score (nSPS) is 14.4. The molecule has 0 saturated carbocycles. The molecule has 184 valence electrons. The van der Waals surface area contributed by atoms with Crippen LogP contribution in [0.2, 0.25) is 0 Å². The lowest BCUT2D eigenvalue weighted by Gasteiger charge is -2.23. The first-order valence-corrected chi connectivity index (χ1v) is 13.4. The van der Waals surface area contributed by atoms with E-state index in [2.05, 4.69) is 16.0 Å². The molecule has 6 N–H and O–H groups in total. The van der Waals surface area contributed by atoms with Crippen LogP contribution < -0.4 is 21.7 Å². The molecule has 0 fully saturated rings. The first kappa shape index (κ1) is 28.8. The zero-order chi connectivity index (χ0) is 24.8. The summed E-state index contributed by atoms with van der Waals surface area (Å²) in [7, 11) is 0. The minimum absolute atomic E-state index is 0.117. The van der Waals surface area contributed by atoms with Crippen molar-refractivity contribution in [3.8, 4) is 0 Å². The smallest absolute Gasteiger partial charge is 0.326 e. The first-order valence-electron chi connectivity index (χ1n) is 10.6. The number of carboxylic acid groups (broad SMARTS) is 1. The molecule has 0 aliphatic carbocycles. The Bertz CT molecular complexity index is 781. The second-order valence-corrected chi connectivity index (χ2v) is 9.52. The van der Waals surface area contributed by atoms with Crippen LogP contribution >= 0.6 is 23.5 Å². The summed E-state index contributed by atoms with van der Waals surface area (Å²) in [6.45, 7) is 1.51. The van der Waals surface area contributed by atoms with E-state index >= 15 is 0 Å². The third-order valence-corrected chi connectivity index (χ3v) is 6.15. The van der Waals surface area contributed by atoms with Crippen LogP contribution in [0.4, 0.5) is 0 Å². The fourth-order valence-corrected chi connectivity index (χ4v) is 3.85. The van der Waals surface area contributed by atoms with Crippen LogP contribution in [-0.4, -0.2) is 77.0 Å². The van der Waals surface area contributed by atoms with Gasteiger partial charge in [-0.2, -0.15) is 23.5 Å². The predicted octanol–water partition coefficient (Wildman–Crippen LogP) is 0.622. The number of benzene rings is 1. The number of carbonyl (C=O) groups is 4. The van der Waals surface area contributed by atoms with E-state index in [1.807, 2.05) is 18.6 Å². The number of hydrogen-bond donors (Lipinski definition) is 5. The summed E-state index contributed by atoms with van der Waals surface area (Å²) in [5, 5.41) is 17.3. The SMILES string of the molecule is CSCCC(N)C(=O)NC(C)C(=O)NC(CCSC)C(=O)NC(Cc1ccccc1)C(=O)O. The number of nitrogens with two attached hydrogens (primary N) is 1. The summed E-state index contributed by atoms with van der Waals surface area (Å²) in [5.74, 6) is -1.44. The Balaban J connectivity index is 2.77. The molecule has 0 aliphatic heterocycles. The molecule has 0 heterocycles. The summed E-state index contributed by atoms with van der Waals surface area (Å²) in [4.78, 5) is 49.4. The lowest BCUT2D eigenvalue weighted by molar-refractivity contribution is -0.142. The number of hydrogen-bond acceptors (Lipinski definition) is 7. The van der Waals surface area contributed by atoms with Gasteiger partial charge in [-0.05, 0) is 49.3 Å². The van der Waals surface area contributed by atoms with Crippen LogP contribution in [0.5, 0.6) is 0 Å². The zero-order valence-electron chi connectivity index (χ0n) is 19.2. The molecular formula is C22H34N4O5S2. The van der Waals surface area contributed by atoms with Gasteiger partial charge in [-0.15, -0.1) is 0 Å². The maximum Gasteiger partial charge on any atom is 0.326 e. The maximum absolute atomic E-state index is 12.9. The molecule has 0 bridgehead atoms. The van der Waals surface area contributed by atoms with Crippen molar-refractivity contribution in [2.24, 2.45) is 5.73 Å². The minimum atomic E-state index is -1.16. The van der Waals surface area contributed by atoms with E-state index in [9.17, 15) is 24.3 Å². The van der Waals surface area contributed by atoms with Crippen molar-refractivity contribution in [2.75, 3.05) is 24.0 Å². The standard InChI is InChI=1S/C22H34N4O5S2/c1-14(24-20(28)16(23)9-11-32-2)19(27)25-17(10-12-33-3)21(29)26-18(22(30)31)13-15-7-5-4-6-8-15/h4-8,14,16-18H,9-13,23H2,1-3H3,(H,24,28)(H,25,27)(H,26,29)(H,30,31). The third kappa shape index (κ3) is 11.0. The number of carboxylic acids is 1. The number of thioether (sulfide) groups is 2. The molecule has 11 heteroatoms. The summed E-state index contributed by atoms with van der Waals surface area (Å²) < 4.78 is 0. The largest absolute Gasteiger partial charge is 0.480 e. The van der Waals surface area contributed by atoms with Crippen molar-refractivity contribution in [1.29, 1.82) is 0 Å². The molecular weight excluding hydrogens is 464 g/mol. The Morgan fingerprint density at radius 2 is 1.45 bits per heavy atom. The van der Waals surface area contributed by atoms with Gasteiger partial charge in [-0.25, -0.2) is 4.79 Å². The molecule has 0 aromatic heterocycles. The molecule has 4 unspecified atom stereocenters. The molecule has 1 aromatic carbocycles. The predicted molar refractivity (Wildman–Crippen MR) is 133 cm³/mol. The lowest BCUT2D eigenvalue weighted by atomic mass is 10.1. The average molecular weight is 499 g/mol. The number of amides is 3. The van der Waals surface area contributed by atoms with Crippen molar-refractivity contribution in [2.45, 2.75) is 50.4 Å². The number of aliphatic carboxylic acids is 1. The van der Waals surface area contributed by atoms with Gasteiger partial charge < -0.3 is 26.8 Å². The van der Waals surface area contributed by atoms with E-state index in [-0.39, 0.29) is 6.42 Å². The van der Waals surface area contributed by atoms with E-state index in [0.29, 0.717) is 18.6 Å².